The molecule has 2 rings (SSSR count). The fourth-order valence-electron chi connectivity index (χ4n) is 1.95. The first kappa shape index (κ1) is 13.7. The number of amides is 1. The number of hydrogen-bond acceptors (Lipinski definition) is 3. The van der Waals surface area contributed by atoms with E-state index in [0.29, 0.717) is 12.3 Å². The lowest BCUT2D eigenvalue weighted by Gasteiger charge is -2.08. The van der Waals surface area contributed by atoms with Crippen LogP contribution in [0.4, 0.5) is 0 Å². The highest BCUT2D eigenvalue weighted by Gasteiger charge is 2.13. The third-order valence-electron chi connectivity index (χ3n) is 2.93. The molecule has 0 radical (unpaired) electrons. The van der Waals surface area contributed by atoms with Gasteiger partial charge in [-0.2, -0.15) is 0 Å². The van der Waals surface area contributed by atoms with Gasteiger partial charge in [0, 0.05) is 25.4 Å². The second-order valence-electron chi connectivity index (χ2n) is 4.08. The molecule has 2 aromatic rings. The number of imidazole rings is 1. The summed E-state index contributed by atoms with van der Waals surface area (Å²) in [6.45, 7) is 0.229. The number of methoxy groups -OCH3 is 1. The molecule has 0 atom stereocenters. The van der Waals surface area contributed by atoms with Crippen LogP contribution in [0.2, 0.25) is 0 Å². The van der Waals surface area contributed by atoms with Crippen molar-refractivity contribution in [1.82, 2.24) is 14.9 Å². The molecule has 19 heavy (non-hydrogen) atoms. The molecule has 5 nitrogen and oxygen atoms in total. The molecule has 0 aliphatic carbocycles. The molecule has 0 unspecified atom stereocenters. The van der Waals surface area contributed by atoms with E-state index in [2.05, 4.69) is 10.3 Å². The smallest absolute Gasteiger partial charge is 0.239 e. The number of hydrogen-bond donors (Lipinski definition) is 1. The molecule has 0 saturated carbocycles. The van der Waals surface area contributed by atoms with Crippen LogP contribution in [0.1, 0.15) is 5.82 Å². The minimum Gasteiger partial charge on any atom is -0.497 e. The molecule has 0 fully saturated rings. The van der Waals surface area contributed by atoms with Crippen molar-refractivity contribution in [2.45, 2.75) is 13.0 Å². The van der Waals surface area contributed by atoms with Crippen LogP contribution < -0.4 is 10.1 Å². The standard InChI is InChI=1S/C13H16ClN3O2/c1-15-13(18)8-17-11-7-9(19-2)3-4-10(11)16-12(17)5-6-14/h3-4,7H,5-6,8H2,1-2H3,(H,15,18). The number of alkyl halides is 1. The van der Waals surface area contributed by atoms with Gasteiger partial charge in [0.1, 0.15) is 18.1 Å². The number of fused-ring (bicyclic) bond motifs is 1. The molecule has 1 amide bonds. The highest BCUT2D eigenvalue weighted by Crippen LogP contribution is 2.22. The summed E-state index contributed by atoms with van der Waals surface area (Å²) in [4.78, 5) is 16.1. The molecule has 1 N–H and O–H groups in total. The van der Waals surface area contributed by atoms with E-state index in [1.807, 2.05) is 22.8 Å². The van der Waals surface area contributed by atoms with Crippen molar-refractivity contribution < 1.29 is 9.53 Å². The first-order valence-electron chi connectivity index (χ1n) is 5.99. The Balaban J connectivity index is 2.52. The first-order chi connectivity index (χ1) is 9.19. The van der Waals surface area contributed by atoms with E-state index in [1.165, 1.54) is 0 Å². The summed E-state index contributed by atoms with van der Waals surface area (Å²) >= 11 is 5.79. The van der Waals surface area contributed by atoms with E-state index in [4.69, 9.17) is 16.3 Å². The van der Waals surface area contributed by atoms with Gasteiger partial charge in [0.25, 0.3) is 0 Å². The lowest BCUT2D eigenvalue weighted by molar-refractivity contribution is -0.121. The average Bonchev–Trinajstić information content (AvgIpc) is 2.76. The van der Waals surface area contributed by atoms with Gasteiger partial charge in [0.05, 0.1) is 18.1 Å². The zero-order valence-corrected chi connectivity index (χ0v) is 11.7. The Morgan fingerprint density at radius 2 is 2.32 bits per heavy atom. The van der Waals surface area contributed by atoms with E-state index in [-0.39, 0.29) is 12.5 Å². The van der Waals surface area contributed by atoms with Crippen molar-refractivity contribution in [2.75, 3.05) is 20.0 Å². The highest BCUT2D eigenvalue weighted by atomic mass is 35.5. The van der Waals surface area contributed by atoms with Gasteiger partial charge in [0.15, 0.2) is 0 Å². The normalized spacial score (nSPS) is 10.7. The molecule has 102 valence electrons. The molecule has 0 aliphatic rings. The molecule has 0 saturated heterocycles. The lowest BCUT2D eigenvalue weighted by Crippen LogP contribution is -2.24. The summed E-state index contributed by atoms with van der Waals surface area (Å²) in [5, 5.41) is 2.61. The third kappa shape index (κ3) is 2.81. The predicted octanol–water partition coefficient (Wildman–Crippen LogP) is 1.57. The van der Waals surface area contributed by atoms with Crippen LogP contribution >= 0.6 is 11.6 Å². The van der Waals surface area contributed by atoms with Crippen LogP contribution in [0.5, 0.6) is 5.75 Å². The van der Waals surface area contributed by atoms with E-state index in [0.717, 1.165) is 22.6 Å². The summed E-state index contributed by atoms with van der Waals surface area (Å²) in [5.74, 6) is 1.94. The second-order valence-corrected chi connectivity index (χ2v) is 4.46. The number of rotatable bonds is 5. The van der Waals surface area contributed by atoms with E-state index >= 15 is 0 Å². The molecule has 0 bridgehead atoms. The number of carbonyl (C=O) groups is 1. The van der Waals surface area contributed by atoms with Crippen molar-refractivity contribution in [1.29, 1.82) is 0 Å². The average molecular weight is 282 g/mol. The summed E-state index contributed by atoms with van der Waals surface area (Å²) in [7, 11) is 3.23. The zero-order valence-electron chi connectivity index (χ0n) is 10.9. The van der Waals surface area contributed by atoms with Gasteiger partial charge in [-0.15, -0.1) is 11.6 Å². The maximum Gasteiger partial charge on any atom is 0.239 e. The molecule has 1 heterocycles. The summed E-state index contributed by atoms with van der Waals surface area (Å²) in [6.07, 6.45) is 0.621. The maximum absolute atomic E-state index is 11.6. The fraction of sp³-hybridized carbons (Fsp3) is 0.385. The quantitative estimate of drug-likeness (QED) is 0.847. The van der Waals surface area contributed by atoms with Crippen LogP contribution in [-0.2, 0) is 17.8 Å². The van der Waals surface area contributed by atoms with E-state index in [1.54, 1.807) is 14.2 Å². The van der Waals surface area contributed by atoms with Gasteiger partial charge in [-0.05, 0) is 12.1 Å². The van der Waals surface area contributed by atoms with Gasteiger partial charge in [-0.1, -0.05) is 0 Å². The molecule has 0 spiro atoms. The van der Waals surface area contributed by atoms with E-state index < -0.39 is 0 Å². The number of likely N-dealkylation sites (N-methyl/N-ethyl adjacent to an activating group) is 1. The molecule has 0 aliphatic heterocycles. The topological polar surface area (TPSA) is 56.2 Å². The molecule has 1 aromatic heterocycles. The summed E-state index contributed by atoms with van der Waals surface area (Å²) < 4.78 is 7.08. The Labute approximate surface area is 116 Å². The van der Waals surface area contributed by atoms with Crippen molar-refractivity contribution >= 4 is 28.5 Å². The van der Waals surface area contributed by atoms with Crippen LogP contribution in [0.3, 0.4) is 0 Å². The highest BCUT2D eigenvalue weighted by molar-refractivity contribution is 6.17. The fourth-order valence-corrected chi connectivity index (χ4v) is 2.12. The Morgan fingerprint density at radius 3 is 2.95 bits per heavy atom. The molecular weight excluding hydrogens is 266 g/mol. The summed E-state index contributed by atoms with van der Waals surface area (Å²) in [5.41, 5.74) is 1.72. The number of nitrogens with zero attached hydrogens (tertiary/aromatic N) is 2. The number of aryl methyl sites for hydroxylation is 1. The van der Waals surface area contributed by atoms with Crippen LogP contribution in [0, 0.1) is 0 Å². The maximum atomic E-state index is 11.6. The lowest BCUT2D eigenvalue weighted by atomic mass is 10.3. The largest absolute Gasteiger partial charge is 0.497 e. The minimum atomic E-state index is -0.0713. The van der Waals surface area contributed by atoms with Crippen molar-refractivity contribution in [2.24, 2.45) is 0 Å². The summed E-state index contributed by atoms with van der Waals surface area (Å²) in [6, 6.07) is 5.61. The zero-order chi connectivity index (χ0) is 13.8. The SMILES string of the molecule is CNC(=O)Cn1c(CCCl)nc2ccc(OC)cc21. The van der Waals surface area contributed by atoms with Crippen LogP contribution in [0.15, 0.2) is 18.2 Å². The van der Waals surface area contributed by atoms with Crippen molar-refractivity contribution in [3.63, 3.8) is 0 Å². The Hall–Kier alpha value is -1.75. The van der Waals surface area contributed by atoms with Gasteiger partial charge in [-0.25, -0.2) is 4.98 Å². The molecule has 6 heteroatoms. The monoisotopic (exact) mass is 281 g/mol. The Morgan fingerprint density at radius 1 is 1.53 bits per heavy atom. The van der Waals surface area contributed by atoms with Gasteiger partial charge >= 0.3 is 0 Å². The number of benzene rings is 1. The first-order valence-corrected chi connectivity index (χ1v) is 6.52. The van der Waals surface area contributed by atoms with Gasteiger partial charge in [0.2, 0.25) is 5.91 Å². The van der Waals surface area contributed by atoms with Crippen molar-refractivity contribution in [3.8, 4) is 5.75 Å². The molecule has 1 aromatic carbocycles. The number of nitrogens with one attached hydrogen (secondary N) is 1. The van der Waals surface area contributed by atoms with Crippen LogP contribution in [0.25, 0.3) is 11.0 Å². The number of carbonyl (C=O) groups excluding carboxylic acids is 1. The van der Waals surface area contributed by atoms with E-state index in [9.17, 15) is 4.79 Å². The third-order valence-corrected chi connectivity index (χ3v) is 3.12. The Kier molecular flexibility index (Phi) is 4.27. The van der Waals surface area contributed by atoms with Gasteiger partial charge < -0.3 is 14.6 Å². The number of ether oxygens (including phenoxy) is 1. The van der Waals surface area contributed by atoms with Crippen molar-refractivity contribution in [3.05, 3.63) is 24.0 Å². The minimum absolute atomic E-state index is 0.0713. The van der Waals surface area contributed by atoms with Gasteiger partial charge in [-0.3, -0.25) is 4.79 Å². The predicted molar refractivity (Wildman–Crippen MR) is 74.8 cm³/mol. The second kappa shape index (κ2) is 5.93. The van der Waals surface area contributed by atoms with Crippen LogP contribution in [-0.4, -0.2) is 35.5 Å². The number of halogens is 1. The number of aromatic nitrogens is 2. The molecular formula is C13H16ClN3O2. The Bertz CT molecular complexity index is 595.